The molecule has 1 unspecified atom stereocenters. The van der Waals surface area contributed by atoms with Crippen LogP contribution in [-0.4, -0.2) is 42.4 Å². The van der Waals surface area contributed by atoms with Crippen LogP contribution in [0.3, 0.4) is 0 Å². The number of halogens is 2. The lowest BCUT2D eigenvalue weighted by Gasteiger charge is -2.36. The van der Waals surface area contributed by atoms with E-state index in [1.807, 2.05) is 42.5 Å². The summed E-state index contributed by atoms with van der Waals surface area (Å²) >= 11 is 0. The second-order valence-corrected chi connectivity index (χ2v) is 11.3. The molecule has 0 radical (unpaired) electrons. The van der Waals surface area contributed by atoms with Crippen molar-refractivity contribution in [3.63, 3.8) is 0 Å². The van der Waals surface area contributed by atoms with Crippen LogP contribution in [0.15, 0.2) is 83.3 Å². The topological polar surface area (TPSA) is 74.6 Å². The summed E-state index contributed by atoms with van der Waals surface area (Å²) < 4.78 is 33.7. The second kappa shape index (κ2) is 12.0. The van der Waals surface area contributed by atoms with Crippen molar-refractivity contribution in [1.29, 1.82) is 0 Å². The largest absolute Gasteiger partial charge is 0.450 e. The Morgan fingerprint density at radius 1 is 0.930 bits per heavy atom. The zero-order valence-corrected chi connectivity index (χ0v) is 24.1. The Morgan fingerprint density at radius 2 is 1.70 bits per heavy atom. The first-order valence-electron chi connectivity index (χ1n) is 14.6. The number of hydrogen-bond acceptors (Lipinski definition) is 4. The number of rotatable bonds is 7. The molecule has 2 amide bonds. The number of nitrogens with one attached hydrogen (secondary N) is 2. The van der Waals surface area contributed by atoms with Gasteiger partial charge in [0, 0.05) is 36.0 Å². The summed E-state index contributed by atoms with van der Waals surface area (Å²) in [5.41, 5.74) is 3.90. The van der Waals surface area contributed by atoms with Crippen molar-refractivity contribution in [3.8, 4) is 11.1 Å². The van der Waals surface area contributed by atoms with Crippen molar-refractivity contribution in [1.82, 2.24) is 10.2 Å². The van der Waals surface area contributed by atoms with Crippen LogP contribution < -0.4 is 10.6 Å². The molecule has 1 aliphatic heterocycles. The Kier molecular flexibility index (Phi) is 7.95. The molecule has 1 aliphatic rings. The van der Waals surface area contributed by atoms with Crippen LogP contribution in [-0.2, 0) is 4.79 Å². The number of piperidine rings is 1. The number of amides is 2. The zero-order chi connectivity index (χ0) is 30.1. The van der Waals surface area contributed by atoms with Crippen LogP contribution >= 0.6 is 0 Å². The van der Waals surface area contributed by atoms with Gasteiger partial charge < -0.3 is 15.1 Å². The Balaban J connectivity index is 1.12. The van der Waals surface area contributed by atoms with Crippen LogP contribution in [0.2, 0.25) is 0 Å². The molecular weight excluding hydrogens is 548 g/mol. The normalized spacial score (nSPS) is 15.1. The van der Waals surface area contributed by atoms with Crippen molar-refractivity contribution in [3.05, 3.63) is 102 Å². The van der Waals surface area contributed by atoms with E-state index >= 15 is 0 Å². The lowest BCUT2D eigenvalue weighted by molar-refractivity contribution is -0.114. The number of carbonyl (C=O) groups is 2. The molecule has 0 aliphatic carbocycles. The highest BCUT2D eigenvalue weighted by Gasteiger charge is 2.25. The van der Waals surface area contributed by atoms with E-state index in [1.54, 1.807) is 12.1 Å². The fourth-order valence-corrected chi connectivity index (χ4v) is 6.09. The quantitative estimate of drug-likeness (QED) is 0.209. The summed E-state index contributed by atoms with van der Waals surface area (Å²) in [6.45, 7) is 5.92. The van der Waals surface area contributed by atoms with Gasteiger partial charge in [-0.15, -0.1) is 0 Å². The molecule has 1 saturated heterocycles. The van der Waals surface area contributed by atoms with E-state index in [0.717, 1.165) is 54.0 Å². The predicted octanol–water partition coefficient (Wildman–Crippen LogP) is 7.49. The number of furan rings is 1. The third kappa shape index (κ3) is 6.01. The highest BCUT2D eigenvalue weighted by molar-refractivity contribution is 6.13. The number of fused-ring (bicyclic) bond motifs is 3. The van der Waals surface area contributed by atoms with Gasteiger partial charge in [-0.05, 0) is 97.2 Å². The van der Waals surface area contributed by atoms with Crippen LogP contribution in [0.25, 0.3) is 32.9 Å². The monoisotopic (exact) mass is 581 g/mol. The maximum atomic E-state index is 14.1. The average molecular weight is 582 g/mol. The minimum absolute atomic E-state index is 0.0785. The SMILES string of the molecule is CC(=O)Nc1cccc(C2CCN(C(C)CNC(=O)c3cc4cc(-c5ccc(F)c(F)c5)c5ccccc5c4o3)CC2)c1. The van der Waals surface area contributed by atoms with Gasteiger partial charge in [0.1, 0.15) is 5.58 Å². The van der Waals surface area contributed by atoms with E-state index in [4.69, 9.17) is 4.42 Å². The molecule has 1 atom stereocenters. The van der Waals surface area contributed by atoms with Gasteiger partial charge in [-0.1, -0.05) is 42.5 Å². The molecule has 2 heterocycles. The minimum atomic E-state index is -0.913. The lowest BCUT2D eigenvalue weighted by atomic mass is 9.88. The molecule has 6 rings (SSSR count). The van der Waals surface area contributed by atoms with Crippen molar-refractivity contribution < 1.29 is 22.8 Å². The molecule has 0 saturated carbocycles. The Labute approximate surface area is 248 Å². The Hall–Kier alpha value is -4.56. The van der Waals surface area contributed by atoms with Crippen LogP contribution in [0, 0.1) is 11.6 Å². The first kappa shape index (κ1) is 28.6. The molecule has 0 spiro atoms. The van der Waals surface area contributed by atoms with Crippen molar-refractivity contribution in [2.75, 3.05) is 25.0 Å². The molecular formula is C35H33F2N3O3. The van der Waals surface area contributed by atoms with Crippen LogP contribution in [0.4, 0.5) is 14.5 Å². The summed E-state index contributed by atoms with van der Waals surface area (Å²) in [5.74, 6) is -1.57. The molecule has 1 fully saturated rings. The lowest BCUT2D eigenvalue weighted by Crippen LogP contribution is -2.45. The highest BCUT2D eigenvalue weighted by Crippen LogP contribution is 2.37. The maximum absolute atomic E-state index is 14.1. The van der Waals surface area contributed by atoms with Gasteiger partial charge >= 0.3 is 0 Å². The van der Waals surface area contributed by atoms with Gasteiger partial charge in [0.15, 0.2) is 17.4 Å². The van der Waals surface area contributed by atoms with Gasteiger partial charge in [-0.3, -0.25) is 14.5 Å². The van der Waals surface area contributed by atoms with Crippen molar-refractivity contribution in [2.45, 2.75) is 38.6 Å². The van der Waals surface area contributed by atoms with Crippen LogP contribution in [0.5, 0.6) is 0 Å². The fourth-order valence-electron chi connectivity index (χ4n) is 6.09. The van der Waals surface area contributed by atoms with E-state index in [9.17, 15) is 18.4 Å². The maximum Gasteiger partial charge on any atom is 0.287 e. The molecule has 0 bridgehead atoms. The molecule has 4 aromatic carbocycles. The van der Waals surface area contributed by atoms with Gasteiger partial charge in [-0.2, -0.15) is 0 Å². The summed E-state index contributed by atoms with van der Waals surface area (Å²) in [4.78, 5) is 27.0. The van der Waals surface area contributed by atoms with E-state index in [1.165, 1.54) is 18.6 Å². The molecule has 6 nitrogen and oxygen atoms in total. The van der Waals surface area contributed by atoms with E-state index in [0.29, 0.717) is 29.0 Å². The summed E-state index contributed by atoms with van der Waals surface area (Å²) in [5, 5.41) is 8.21. The van der Waals surface area contributed by atoms with E-state index < -0.39 is 11.6 Å². The van der Waals surface area contributed by atoms with E-state index in [-0.39, 0.29) is 23.6 Å². The number of carbonyl (C=O) groups excluding carboxylic acids is 2. The third-order valence-electron chi connectivity index (χ3n) is 8.37. The number of anilines is 1. The average Bonchev–Trinajstić information content (AvgIpc) is 3.45. The first-order chi connectivity index (χ1) is 20.8. The standard InChI is InChI=1S/C35H33F2N3O3/c1-21(40-14-12-23(13-15-40)24-6-5-7-27(16-24)39-22(2)41)20-38-35(42)33-19-26-17-30(25-10-11-31(36)32(37)18-25)28-8-3-4-9-29(28)34(26)43-33/h3-11,16-19,21,23H,12-15,20H2,1-2H3,(H,38,42)(H,39,41). The van der Waals surface area contributed by atoms with E-state index in [2.05, 4.69) is 34.6 Å². The first-order valence-corrected chi connectivity index (χ1v) is 14.6. The Bertz CT molecular complexity index is 1820. The van der Waals surface area contributed by atoms with Crippen LogP contribution in [0.1, 0.15) is 48.7 Å². The number of benzene rings is 4. The molecule has 2 N–H and O–H groups in total. The minimum Gasteiger partial charge on any atom is -0.450 e. The number of hydrogen-bond donors (Lipinski definition) is 2. The molecule has 220 valence electrons. The summed E-state index contributed by atoms with van der Waals surface area (Å²) in [6, 6.07) is 23.2. The highest BCUT2D eigenvalue weighted by atomic mass is 19.2. The van der Waals surface area contributed by atoms with Crippen molar-refractivity contribution in [2.24, 2.45) is 0 Å². The molecule has 8 heteroatoms. The van der Waals surface area contributed by atoms with Crippen molar-refractivity contribution >= 4 is 39.2 Å². The third-order valence-corrected chi connectivity index (χ3v) is 8.37. The zero-order valence-electron chi connectivity index (χ0n) is 24.1. The predicted molar refractivity (Wildman–Crippen MR) is 165 cm³/mol. The fraction of sp³-hybridized carbons (Fsp3) is 0.257. The molecule has 1 aromatic heterocycles. The Morgan fingerprint density at radius 3 is 2.44 bits per heavy atom. The second-order valence-electron chi connectivity index (χ2n) is 11.3. The van der Waals surface area contributed by atoms with Gasteiger partial charge in [0.05, 0.1) is 0 Å². The molecule has 43 heavy (non-hydrogen) atoms. The van der Waals surface area contributed by atoms with Gasteiger partial charge in [0.25, 0.3) is 5.91 Å². The van der Waals surface area contributed by atoms with Gasteiger partial charge in [0.2, 0.25) is 5.91 Å². The summed E-state index contributed by atoms with van der Waals surface area (Å²) in [7, 11) is 0. The number of nitrogens with zero attached hydrogens (tertiary/aromatic N) is 1. The molecule has 5 aromatic rings. The van der Waals surface area contributed by atoms with Gasteiger partial charge in [-0.25, -0.2) is 8.78 Å². The number of likely N-dealkylation sites (tertiary alicyclic amines) is 1. The summed E-state index contributed by atoms with van der Waals surface area (Å²) in [6.07, 6.45) is 2.00. The smallest absolute Gasteiger partial charge is 0.287 e.